The van der Waals surface area contributed by atoms with Crippen LogP contribution in [0.1, 0.15) is 19.8 Å². The van der Waals surface area contributed by atoms with E-state index in [9.17, 15) is 9.59 Å². The van der Waals surface area contributed by atoms with Crippen LogP contribution in [-0.2, 0) is 9.59 Å². The summed E-state index contributed by atoms with van der Waals surface area (Å²) in [7, 11) is 0. The van der Waals surface area contributed by atoms with Gasteiger partial charge in [0.2, 0.25) is 5.91 Å². The number of amides is 1. The highest BCUT2D eigenvalue weighted by Gasteiger charge is 2.36. The zero-order valence-corrected chi connectivity index (χ0v) is 6.33. The fraction of sp³-hybridized carbons (Fsp3) is 0.714. The van der Waals surface area contributed by atoms with E-state index >= 15 is 0 Å². The van der Waals surface area contributed by atoms with Gasteiger partial charge in [0.05, 0.1) is 0 Å². The van der Waals surface area contributed by atoms with Crippen LogP contribution in [0.25, 0.3) is 0 Å². The number of rotatable bonds is 3. The Morgan fingerprint density at radius 3 is 2.36 bits per heavy atom. The molecular weight excluding hydrogens is 146 g/mol. The van der Waals surface area contributed by atoms with Gasteiger partial charge in [-0.3, -0.25) is 4.79 Å². The lowest BCUT2D eigenvalue weighted by molar-refractivity contribution is -0.142. The minimum Gasteiger partial charge on any atom is -0.480 e. The number of carbonyl (C=O) groups excluding carboxylic acids is 1. The largest absolute Gasteiger partial charge is 0.480 e. The van der Waals surface area contributed by atoms with Gasteiger partial charge in [-0.2, -0.15) is 0 Å². The van der Waals surface area contributed by atoms with Gasteiger partial charge >= 0.3 is 5.97 Å². The van der Waals surface area contributed by atoms with E-state index < -0.39 is 12.0 Å². The fourth-order valence-electron chi connectivity index (χ4n) is 1.03. The summed E-state index contributed by atoms with van der Waals surface area (Å²) in [5.41, 5.74) is 0. The third kappa shape index (κ3) is 2.22. The molecule has 0 radical (unpaired) electrons. The summed E-state index contributed by atoms with van der Waals surface area (Å²) in [6.07, 6.45) is 1.83. The van der Waals surface area contributed by atoms with Gasteiger partial charge in [-0.1, -0.05) is 0 Å². The van der Waals surface area contributed by atoms with E-state index in [1.54, 1.807) is 0 Å². The average molecular weight is 157 g/mol. The van der Waals surface area contributed by atoms with Crippen LogP contribution in [0.3, 0.4) is 0 Å². The fourth-order valence-corrected chi connectivity index (χ4v) is 1.03. The highest BCUT2D eigenvalue weighted by atomic mass is 16.4. The second-order valence-corrected chi connectivity index (χ2v) is 2.85. The molecule has 4 nitrogen and oxygen atoms in total. The van der Waals surface area contributed by atoms with Gasteiger partial charge in [-0.15, -0.1) is 0 Å². The smallest absolute Gasteiger partial charge is 0.326 e. The normalized spacial score (nSPS) is 19.0. The number of carbonyl (C=O) groups is 2. The van der Waals surface area contributed by atoms with Crippen molar-refractivity contribution in [1.29, 1.82) is 0 Å². The van der Waals surface area contributed by atoms with Gasteiger partial charge in [0, 0.05) is 6.92 Å². The van der Waals surface area contributed by atoms with Crippen molar-refractivity contribution >= 4 is 11.9 Å². The van der Waals surface area contributed by atoms with Gasteiger partial charge < -0.3 is 10.4 Å². The summed E-state index contributed by atoms with van der Waals surface area (Å²) >= 11 is 0. The number of hydrogen-bond acceptors (Lipinski definition) is 2. The first-order valence-corrected chi connectivity index (χ1v) is 3.61. The highest BCUT2D eigenvalue weighted by molar-refractivity contribution is 5.82. The lowest BCUT2D eigenvalue weighted by Crippen LogP contribution is -2.41. The predicted octanol–water partition coefficient (Wildman–Crippen LogP) is -0.0143. The Morgan fingerprint density at radius 1 is 1.55 bits per heavy atom. The molecule has 1 amide bonds. The van der Waals surface area contributed by atoms with Crippen LogP contribution in [0, 0.1) is 5.92 Å². The number of aliphatic carboxylic acids is 1. The first-order valence-electron chi connectivity index (χ1n) is 3.61. The van der Waals surface area contributed by atoms with Crippen molar-refractivity contribution in [1.82, 2.24) is 5.32 Å². The van der Waals surface area contributed by atoms with Gasteiger partial charge in [0.1, 0.15) is 6.04 Å². The minimum atomic E-state index is -0.928. The zero-order valence-electron chi connectivity index (χ0n) is 6.33. The Hall–Kier alpha value is -1.06. The summed E-state index contributed by atoms with van der Waals surface area (Å²) in [6.45, 7) is 1.33. The monoisotopic (exact) mass is 157 g/mol. The molecule has 1 saturated carbocycles. The summed E-state index contributed by atoms with van der Waals surface area (Å²) in [6, 6.07) is -0.660. The van der Waals surface area contributed by atoms with Crippen LogP contribution in [0.4, 0.5) is 0 Å². The first kappa shape index (κ1) is 8.04. The van der Waals surface area contributed by atoms with E-state index in [4.69, 9.17) is 5.11 Å². The van der Waals surface area contributed by atoms with Crippen molar-refractivity contribution in [2.75, 3.05) is 0 Å². The van der Waals surface area contributed by atoms with Crippen LogP contribution in [0.5, 0.6) is 0 Å². The van der Waals surface area contributed by atoms with Crippen molar-refractivity contribution < 1.29 is 14.7 Å². The molecule has 62 valence electrons. The summed E-state index contributed by atoms with van der Waals surface area (Å²) in [4.78, 5) is 21.0. The van der Waals surface area contributed by atoms with E-state index in [1.165, 1.54) is 6.92 Å². The van der Waals surface area contributed by atoms with E-state index in [2.05, 4.69) is 5.32 Å². The molecule has 11 heavy (non-hydrogen) atoms. The molecule has 0 aromatic carbocycles. The van der Waals surface area contributed by atoms with Crippen molar-refractivity contribution in [2.24, 2.45) is 5.92 Å². The Balaban J connectivity index is 2.45. The Morgan fingerprint density at radius 2 is 2.09 bits per heavy atom. The van der Waals surface area contributed by atoms with Crippen LogP contribution in [0.2, 0.25) is 0 Å². The number of carboxylic acid groups (broad SMARTS) is 1. The molecule has 1 atom stereocenters. The van der Waals surface area contributed by atoms with E-state index in [0.717, 1.165) is 12.8 Å². The van der Waals surface area contributed by atoms with Gasteiger partial charge in [-0.25, -0.2) is 4.79 Å². The maximum Gasteiger partial charge on any atom is 0.326 e. The maximum absolute atomic E-state index is 10.5. The van der Waals surface area contributed by atoms with Crippen LogP contribution >= 0.6 is 0 Å². The second-order valence-electron chi connectivity index (χ2n) is 2.85. The molecule has 0 aliphatic heterocycles. The standard InChI is InChI=1S/C7H11NO3/c1-4(9)8-6(7(10)11)5-2-3-5/h5-6H,2-3H2,1H3,(H,8,9)(H,10,11). The molecular formula is C7H11NO3. The molecule has 4 heteroatoms. The molecule has 0 spiro atoms. The lowest BCUT2D eigenvalue weighted by Gasteiger charge is -2.10. The van der Waals surface area contributed by atoms with Gasteiger partial charge in [-0.05, 0) is 18.8 Å². The number of hydrogen-bond donors (Lipinski definition) is 2. The number of carboxylic acids is 1. The lowest BCUT2D eigenvalue weighted by atomic mass is 10.2. The molecule has 1 aliphatic rings. The molecule has 2 N–H and O–H groups in total. The summed E-state index contributed by atoms with van der Waals surface area (Å²) < 4.78 is 0. The van der Waals surface area contributed by atoms with Crippen LogP contribution in [-0.4, -0.2) is 23.0 Å². The molecule has 0 bridgehead atoms. The second kappa shape index (κ2) is 2.90. The van der Waals surface area contributed by atoms with Crippen molar-refractivity contribution in [3.8, 4) is 0 Å². The molecule has 1 fully saturated rings. The summed E-state index contributed by atoms with van der Waals surface area (Å²) in [5.74, 6) is -1.04. The minimum absolute atomic E-state index is 0.163. The molecule has 0 aromatic rings. The third-order valence-corrected chi connectivity index (χ3v) is 1.72. The van der Waals surface area contributed by atoms with Gasteiger partial charge in [0.15, 0.2) is 0 Å². The average Bonchev–Trinajstić information content (AvgIpc) is 2.63. The van der Waals surface area contributed by atoms with Crippen LogP contribution in [0.15, 0.2) is 0 Å². The third-order valence-electron chi connectivity index (χ3n) is 1.72. The Bertz CT molecular complexity index is 186. The molecule has 0 saturated heterocycles. The Kier molecular flexibility index (Phi) is 2.12. The maximum atomic E-state index is 10.5. The SMILES string of the molecule is CC(=O)NC(C(=O)O)C1CC1. The quantitative estimate of drug-likeness (QED) is 0.605. The predicted molar refractivity (Wildman–Crippen MR) is 38.0 cm³/mol. The first-order chi connectivity index (χ1) is 5.11. The number of nitrogens with one attached hydrogen (secondary N) is 1. The van der Waals surface area contributed by atoms with E-state index in [1.807, 2.05) is 0 Å². The molecule has 1 rings (SSSR count). The molecule has 0 heterocycles. The summed E-state index contributed by atoms with van der Waals surface area (Å²) in [5, 5.41) is 11.0. The molecule has 1 aliphatic carbocycles. The van der Waals surface area contributed by atoms with Gasteiger partial charge in [0.25, 0.3) is 0 Å². The van der Waals surface area contributed by atoms with E-state index in [-0.39, 0.29) is 11.8 Å². The van der Waals surface area contributed by atoms with Crippen molar-refractivity contribution in [2.45, 2.75) is 25.8 Å². The highest BCUT2D eigenvalue weighted by Crippen LogP contribution is 2.32. The van der Waals surface area contributed by atoms with Crippen LogP contribution < -0.4 is 5.32 Å². The van der Waals surface area contributed by atoms with E-state index in [0.29, 0.717) is 0 Å². The van der Waals surface area contributed by atoms with Crippen molar-refractivity contribution in [3.05, 3.63) is 0 Å². The molecule has 1 unspecified atom stereocenters. The molecule has 0 aromatic heterocycles. The van der Waals surface area contributed by atoms with Crippen molar-refractivity contribution in [3.63, 3.8) is 0 Å². The topological polar surface area (TPSA) is 66.4 Å². The zero-order chi connectivity index (χ0) is 8.43. The Labute approximate surface area is 64.6 Å².